The Balaban J connectivity index is 2.22. The third-order valence-corrected chi connectivity index (χ3v) is 7.30. The molecule has 0 radical (unpaired) electrons. The highest BCUT2D eigenvalue weighted by Crippen LogP contribution is 2.24. The molecular formula is C12H14N4O4S3. The summed E-state index contributed by atoms with van der Waals surface area (Å²) in [6.07, 6.45) is 0. The van der Waals surface area contributed by atoms with Crippen molar-refractivity contribution in [2.24, 2.45) is 11.7 Å². The smallest absolute Gasteiger partial charge is 0.243 e. The van der Waals surface area contributed by atoms with Gasteiger partial charge in [-0.3, -0.25) is 0 Å². The van der Waals surface area contributed by atoms with Crippen LogP contribution < -0.4 is 11.7 Å². The largest absolute Gasteiger partial charge is 0.266 e. The van der Waals surface area contributed by atoms with Crippen LogP contribution in [0.4, 0.5) is 0 Å². The molecule has 11 heteroatoms. The predicted octanol–water partition coefficient (Wildman–Crippen LogP) is 0.679. The van der Waals surface area contributed by atoms with Crippen molar-refractivity contribution in [3.05, 3.63) is 60.7 Å². The fourth-order valence-corrected chi connectivity index (χ4v) is 4.91. The summed E-state index contributed by atoms with van der Waals surface area (Å²) < 4.78 is 49.5. The van der Waals surface area contributed by atoms with E-state index in [0.29, 0.717) is 7.64 Å². The van der Waals surface area contributed by atoms with Crippen molar-refractivity contribution >= 4 is 32.2 Å². The second-order valence-electron chi connectivity index (χ2n) is 4.23. The van der Waals surface area contributed by atoms with Gasteiger partial charge in [-0.2, -0.15) is 0 Å². The van der Waals surface area contributed by atoms with Gasteiger partial charge in [-0.15, -0.1) is 0 Å². The molecule has 0 heterocycles. The molecule has 23 heavy (non-hydrogen) atoms. The van der Waals surface area contributed by atoms with Crippen LogP contribution in [-0.4, -0.2) is 24.5 Å². The first-order chi connectivity index (χ1) is 10.8. The Morgan fingerprint density at radius 1 is 0.652 bits per heavy atom. The Kier molecular flexibility index (Phi) is 5.41. The zero-order chi connectivity index (χ0) is 17.1. The normalized spacial score (nSPS) is 12.7. The molecule has 0 aliphatic carbocycles. The van der Waals surface area contributed by atoms with Crippen LogP contribution in [0.5, 0.6) is 0 Å². The lowest BCUT2D eigenvalue weighted by Gasteiger charge is -2.21. The van der Waals surface area contributed by atoms with Crippen LogP contribution in [0, 0.1) is 0 Å². The minimum Gasteiger partial charge on any atom is -0.243 e. The summed E-state index contributed by atoms with van der Waals surface area (Å²) in [5.41, 5.74) is 0. The molecule has 2 aromatic carbocycles. The van der Waals surface area contributed by atoms with Gasteiger partial charge in [-0.1, -0.05) is 44.0 Å². The van der Waals surface area contributed by atoms with Gasteiger partial charge in [0.15, 0.2) is 0 Å². The minimum atomic E-state index is -4.09. The van der Waals surface area contributed by atoms with Crippen LogP contribution in [0.2, 0.25) is 0 Å². The maximum absolute atomic E-state index is 12.2. The quantitative estimate of drug-likeness (QED) is 0.432. The van der Waals surface area contributed by atoms with E-state index in [1.807, 2.05) is 0 Å². The Morgan fingerprint density at radius 3 is 1.26 bits per heavy atom. The zero-order valence-electron chi connectivity index (χ0n) is 11.7. The SMILES string of the molecule is NN(SN(N)S(=O)(=O)c1ccccc1)S(=O)(=O)c1ccccc1. The monoisotopic (exact) mass is 374 g/mol. The van der Waals surface area contributed by atoms with Gasteiger partial charge in [0.1, 0.15) is 0 Å². The van der Waals surface area contributed by atoms with Crippen LogP contribution in [0.25, 0.3) is 0 Å². The van der Waals surface area contributed by atoms with Crippen LogP contribution in [0.1, 0.15) is 0 Å². The number of rotatable bonds is 6. The molecule has 4 N–H and O–H groups in total. The number of hydrogen-bond donors (Lipinski definition) is 2. The van der Waals surface area contributed by atoms with E-state index in [9.17, 15) is 16.8 Å². The maximum atomic E-state index is 12.2. The molecule has 0 unspecified atom stereocenters. The summed E-state index contributed by atoms with van der Waals surface area (Å²) >= 11 is 0.149. The molecule has 0 bridgehead atoms. The van der Waals surface area contributed by atoms with Gasteiger partial charge in [0.2, 0.25) is 0 Å². The van der Waals surface area contributed by atoms with E-state index in [2.05, 4.69) is 0 Å². The molecular weight excluding hydrogens is 360 g/mol. The first kappa shape index (κ1) is 17.9. The van der Waals surface area contributed by atoms with Crippen molar-refractivity contribution in [2.45, 2.75) is 9.79 Å². The van der Waals surface area contributed by atoms with Crippen LogP contribution in [0.15, 0.2) is 70.5 Å². The average molecular weight is 374 g/mol. The number of hydrazine groups is 2. The predicted molar refractivity (Wildman–Crippen MR) is 86.9 cm³/mol. The zero-order valence-corrected chi connectivity index (χ0v) is 14.1. The van der Waals surface area contributed by atoms with Crippen LogP contribution in [-0.2, 0) is 20.0 Å². The van der Waals surface area contributed by atoms with Crippen molar-refractivity contribution in [3.8, 4) is 0 Å². The van der Waals surface area contributed by atoms with E-state index >= 15 is 0 Å². The molecule has 0 atom stereocenters. The standard InChI is InChI=1S/C12H14N4O4S3/c13-15(22(17,18)11-7-3-1-4-8-11)21-16(14)23(19,20)12-9-5-2-6-10-12/h1-10H,13-14H2. The van der Waals surface area contributed by atoms with E-state index in [0.717, 1.165) is 0 Å². The lowest BCUT2D eigenvalue weighted by molar-refractivity contribution is 0.530. The van der Waals surface area contributed by atoms with Gasteiger partial charge >= 0.3 is 0 Å². The summed E-state index contributed by atoms with van der Waals surface area (Å²) in [7, 11) is -8.18. The number of benzene rings is 2. The summed E-state index contributed by atoms with van der Waals surface area (Å²) in [6, 6.07) is 14.7. The molecule has 0 spiro atoms. The van der Waals surface area contributed by atoms with E-state index < -0.39 is 20.0 Å². The summed E-state index contributed by atoms with van der Waals surface area (Å²) in [4.78, 5) is -0.166. The molecule has 0 amide bonds. The Morgan fingerprint density at radius 2 is 0.957 bits per heavy atom. The second kappa shape index (κ2) is 6.97. The van der Waals surface area contributed by atoms with Crippen molar-refractivity contribution in [3.63, 3.8) is 0 Å². The van der Waals surface area contributed by atoms with E-state index in [4.69, 9.17) is 11.7 Å². The van der Waals surface area contributed by atoms with Gasteiger partial charge in [0.25, 0.3) is 20.0 Å². The van der Waals surface area contributed by atoms with E-state index in [-0.39, 0.29) is 21.9 Å². The molecule has 8 nitrogen and oxygen atoms in total. The van der Waals surface area contributed by atoms with Gasteiger partial charge in [0, 0.05) is 0 Å². The highest BCUT2D eigenvalue weighted by molar-refractivity contribution is 8.13. The van der Waals surface area contributed by atoms with Gasteiger partial charge < -0.3 is 0 Å². The third-order valence-electron chi connectivity index (χ3n) is 2.72. The Hall–Kier alpha value is -1.47. The fraction of sp³-hybridized carbons (Fsp3) is 0. The second-order valence-corrected chi connectivity index (χ2v) is 9.27. The molecule has 2 aromatic rings. The average Bonchev–Trinajstić information content (AvgIpc) is 2.56. The number of nitrogens with zero attached hydrogens (tertiary/aromatic N) is 2. The van der Waals surface area contributed by atoms with Gasteiger partial charge in [0.05, 0.1) is 21.9 Å². The van der Waals surface area contributed by atoms with Crippen molar-refractivity contribution in [1.29, 1.82) is 0 Å². The van der Waals surface area contributed by atoms with Gasteiger partial charge in [-0.05, 0) is 24.3 Å². The van der Waals surface area contributed by atoms with Crippen molar-refractivity contribution < 1.29 is 16.8 Å². The maximum Gasteiger partial charge on any atom is 0.266 e. The lowest BCUT2D eigenvalue weighted by Crippen LogP contribution is -2.40. The molecule has 0 fully saturated rings. The van der Waals surface area contributed by atoms with Gasteiger partial charge in [-0.25, -0.2) is 28.5 Å². The molecule has 0 aliphatic rings. The third kappa shape index (κ3) is 3.90. The fourth-order valence-electron chi connectivity index (χ4n) is 1.56. The van der Waals surface area contributed by atoms with E-state index in [1.54, 1.807) is 12.1 Å². The lowest BCUT2D eigenvalue weighted by atomic mass is 10.4. The summed E-state index contributed by atoms with van der Waals surface area (Å²) in [6.45, 7) is 0. The minimum absolute atomic E-state index is 0.0829. The number of nitrogens with two attached hydrogens (primary N) is 2. The van der Waals surface area contributed by atoms with Crippen LogP contribution in [0.3, 0.4) is 0 Å². The highest BCUT2D eigenvalue weighted by atomic mass is 32.3. The Labute approximate surface area is 139 Å². The summed E-state index contributed by atoms with van der Waals surface area (Å²) in [5.74, 6) is 11.0. The van der Waals surface area contributed by atoms with Crippen LogP contribution >= 0.6 is 12.1 Å². The molecule has 0 saturated heterocycles. The van der Waals surface area contributed by atoms with Crippen molar-refractivity contribution in [2.75, 3.05) is 0 Å². The highest BCUT2D eigenvalue weighted by Gasteiger charge is 2.30. The summed E-state index contributed by atoms with van der Waals surface area (Å²) in [5, 5.41) is 0. The topological polar surface area (TPSA) is 127 Å². The number of sulfonamides is 2. The van der Waals surface area contributed by atoms with Crippen molar-refractivity contribution in [1.82, 2.24) is 7.64 Å². The first-order valence-corrected chi connectivity index (χ1v) is 9.75. The number of hydrogen-bond acceptors (Lipinski definition) is 7. The molecule has 124 valence electrons. The molecule has 0 saturated carbocycles. The Bertz CT molecular complexity index is 784. The molecule has 2 rings (SSSR count). The first-order valence-electron chi connectivity index (χ1n) is 6.14. The molecule has 0 aromatic heterocycles. The molecule has 0 aliphatic heterocycles. The van der Waals surface area contributed by atoms with E-state index in [1.165, 1.54) is 48.5 Å².